The molecule has 0 spiro atoms. The van der Waals surface area contributed by atoms with Gasteiger partial charge in [-0.1, -0.05) is 45.9 Å². The number of methoxy groups -OCH3 is 2. The van der Waals surface area contributed by atoms with Crippen LogP contribution in [-0.4, -0.2) is 50.1 Å². The predicted molar refractivity (Wildman–Crippen MR) is 122 cm³/mol. The summed E-state index contributed by atoms with van der Waals surface area (Å²) in [4.78, 5) is 49.8. The molecule has 2 N–H and O–H groups in total. The summed E-state index contributed by atoms with van der Waals surface area (Å²) in [6, 6.07) is 12.3. The molecule has 0 unspecified atom stereocenters. The summed E-state index contributed by atoms with van der Waals surface area (Å²) in [7, 11) is 5.11. The van der Waals surface area contributed by atoms with Crippen molar-refractivity contribution in [2.75, 3.05) is 14.2 Å². The van der Waals surface area contributed by atoms with Crippen LogP contribution in [0.25, 0.3) is 0 Å². The highest BCUT2D eigenvalue weighted by Crippen LogP contribution is 2.40. The first-order chi connectivity index (χ1) is 15.3. The lowest BCUT2D eigenvalue weighted by atomic mass is 10.2. The van der Waals surface area contributed by atoms with E-state index in [2.05, 4.69) is 20.1 Å². The van der Waals surface area contributed by atoms with E-state index in [0.717, 1.165) is 0 Å². The van der Waals surface area contributed by atoms with Crippen LogP contribution in [0.15, 0.2) is 58.3 Å². The van der Waals surface area contributed by atoms with Gasteiger partial charge >= 0.3 is 11.9 Å². The van der Waals surface area contributed by atoms with Gasteiger partial charge in [-0.2, -0.15) is 0 Å². The summed E-state index contributed by atoms with van der Waals surface area (Å²) in [5, 5.41) is 5.22. The normalized spacial score (nSPS) is 12.2. The third-order valence-corrected chi connectivity index (χ3v) is 6.77. The zero-order valence-corrected chi connectivity index (χ0v) is 19.7. The van der Waals surface area contributed by atoms with Crippen molar-refractivity contribution in [3.8, 4) is 0 Å². The molecule has 0 heterocycles. The summed E-state index contributed by atoms with van der Waals surface area (Å²) in [6.07, 6.45) is 0. The Balaban J connectivity index is 2.15. The first-order valence-electron chi connectivity index (χ1n) is 9.58. The number of nitrogens with one attached hydrogen (secondary N) is 2. The minimum atomic E-state index is -0.792. The van der Waals surface area contributed by atoms with Gasteiger partial charge in [0.25, 0.3) is 11.8 Å². The lowest BCUT2D eigenvalue weighted by Gasteiger charge is -2.15. The fourth-order valence-electron chi connectivity index (χ4n) is 2.56. The number of hydrogen-bond acceptors (Lipinski definition) is 8. The molecule has 2 atom stereocenters. The molecule has 0 aliphatic heterocycles. The molecule has 0 aliphatic rings. The van der Waals surface area contributed by atoms with Gasteiger partial charge in [0.05, 0.1) is 25.3 Å². The van der Waals surface area contributed by atoms with Crippen LogP contribution in [0.5, 0.6) is 0 Å². The summed E-state index contributed by atoms with van der Waals surface area (Å²) in [5.74, 6) is -1.91. The van der Waals surface area contributed by atoms with Gasteiger partial charge in [-0.25, -0.2) is 9.59 Å². The average molecular weight is 477 g/mol. The van der Waals surface area contributed by atoms with E-state index in [1.54, 1.807) is 62.4 Å². The van der Waals surface area contributed by atoms with E-state index in [4.69, 9.17) is 0 Å². The van der Waals surface area contributed by atoms with Gasteiger partial charge in [0.1, 0.15) is 12.1 Å². The van der Waals surface area contributed by atoms with Gasteiger partial charge in [-0.15, -0.1) is 0 Å². The largest absolute Gasteiger partial charge is 0.467 e. The van der Waals surface area contributed by atoms with Crippen LogP contribution in [0.4, 0.5) is 0 Å². The second-order valence-corrected chi connectivity index (χ2v) is 8.81. The first kappa shape index (κ1) is 25.3. The van der Waals surface area contributed by atoms with Gasteiger partial charge in [0, 0.05) is 9.79 Å². The SMILES string of the molecule is COC(=O)[C@H](C)NC(=O)c1ccccc1SSc1ccccc1C(=O)N[C@@H](C)C(=O)OC. The zero-order chi connectivity index (χ0) is 23.7. The Kier molecular flexibility index (Phi) is 9.61. The van der Waals surface area contributed by atoms with Crippen LogP contribution >= 0.6 is 21.6 Å². The second kappa shape index (κ2) is 12.2. The fraction of sp³-hybridized carbons (Fsp3) is 0.273. The molecule has 0 saturated heterocycles. The Morgan fingerprint density at radius 1 is 0.688 bits per heavy atom. The van der Waals surface area contributed by atoms with Crippen molar-refractivity contribution in [3.05, 3.63) is 59.7 Å². The molecular formula is C22H24N2O6S2. The molecular weight excluding hydrogens is 452 g/mol. The Hall–Kier alpha value is -2.98. The quantitative estimate of drug-likeness (QED) is 0.420. The first-order valence-corrected chi connectivity index (χ1v) is 11.7. The topological polar surface area (TPSA) is 111 Å². The number of esters is 2. The van der Waals surface area contributed by atoms with E-state index >= 15 is 0 Å². The monoisotopic (exact) mass is 476 g/mol. The van der Waals surface area contributed by atoms with Crippen molar-refractivity contribution in [2.45, 2.75) is 35.7 Å². The summed E-state index contributed by atoms with van der Waals surface area (Å²) in [6.45, 7) is 3.08. The molecule has 0 aliphatic carbocycles. The van der Waals surface area contributed by atoms with E-state index in [1.165, 1.54) is 35.8 Å². The van der Waals surface area contributed by atoms with Gasteiger partial charge in [-0.05, 0) is 38.1 Å². The minimum absolute atomic E-state index is 0.391. The minimum Gasteiger partial charge on any atom is -0.467 e. The van der Waals surface area contributed by atoms with Crippen LogP contribution in [0.2, 0.25) is 0 Å². The summed E-state index contributed by atoms with van der Waals surface area (Å²) >= 11 is 0. The van der Waals surface area contributed by atoms with E-state index in [0.29, 0.717) is 20.9 Å². The molecule has 0 saturated carbocycles. The molecule has 170 valence electrons. The molecule has 10 heteroatoms. The van der Waals surface area contributed by atoms with E-state index in [-0.39, 0.29) is 0 Å². The van der Waals surface area contributed by atoms with E-state index in [1.807, 2.05) is 0 Å². The molecule has 2 amide bonds. The predicted octanol–water partition coefficient (Wildman–Crippen LogP) is 3.07. The fourth-order valence-corrected chi connectivity index (χ4v) is 4.92. The van der Waals surface area contributed by atoms with E-state index < -0.39 is 35.8 Å². The standard InChI is InChI=1S/C22H24N2O6S2/c1-13(21(27)29-3)23-19(25)15-9-5-7-11-17(15)31-32-18-12-8-6-10-16(18)20(26)24-14(2)22(28)30-4/h5-14H,1-4H3,(H,23,25)(H,24,26)/t13-,14-/m0/s1. The number of ether oxygens (including phenoxy) is 2. The summed E-state index contributed by atoms with van der Waals surface area (Å²) in [5.41, 5.74) is 0.781. The lowest BCUT2D eigenvalue weighted by molar-refractivity contribution is -0.143. The molecule has 32 heavy (non-hydrogen) atoms. The number of hydrogen-bond donors (Lipinski definition) is 2. The Morgan fingerprint density at radius 3 is 1.38 bits per heavy atom. The maximum Gasteiger partial charge on any atom is 0.328 e. The Labute approximate surface area is 194 Å². The molecule has 8 nitrogen and oxygen atoms in total. The van der Waals surface area contributed by atoms with Crippen molar-refractivity contribution in [2.24, 2.45) is 0 Å². The van der Waals surface area contributed by atoms with Crippen LogP contribution in [0, 0.1) is 0 Å². The second-order valence-electron chi connectivity index (χ2n) is 6.60. The third-order valence-electron chi connectivity index (χ3n) is 4.29. The average Bonchev–Trinajstić information content (AvgIpc) is 2.81. The van der Waals surface area contributed by atoms with Gasteiger partial charge in [0.2, 0.25) is 0 Å². The molecule has 2 aromatic carbocycles. The van der Waals surface area contributed by atoms with Gasteiger partial charge in [-0.3, -0.25) is 9.59 Å². The zero-order valence-electron chi connectivity index (χ0n) is 18.0. The number of carbonyl (C=O) groups is 4. The van der Waals surface area contributed by atoms with Crippen molar-refractivity contribution in [1.29, 1.82) is 0 Å². The number of amides is 2. The number of carbonyl (C=O) groups excluding carboxylic acids is 4. The smallest absolute Gasteiger partial charge is 0.328 e. The molecule has 0 aromatic heterocycles. The maximum absolute atomic E-state index is 12.6. The van der Waals surface area contributed by atoms with Crippen LogP contribution < -0.4 is 10.6 Å². The van der Waals surface area contributed by atoms with Gasteiger partial charge < -0.3 is 20.1 Å². The molecule has 0 fully saturated rings. The summed E-state index contributed by atoms with van der Waals surface area (Å²) < 4.78 is 9.28. The highest BCUT2D eigenvalue weighted by atomic mass is 33.1. The molecule has 2 rings (SSSR count). The molecule has 2 aromatic rings. The van der Waals surface area contributed by atoms with Crippen molar-refractivity contribution in [1.82, 2.24) is 10.6 Å². The van der Waals surface area contributed by atoms with Crippen LogP contribution in [0.1, 0.15) is 34.6 Å². The van der Waals surface area contributed by atoms with Crippen molar-refractivity contribution in [3.63, 3.8) is 0 Å². The maximum atomic E-state index is 12.6. The number of benzene rings is 2. The van der Waals surface area contributed by atoms with E-state index in [9.17, 15) is 19.2 Å². The Bertz CT molecular complexity index is 918. The highest BCUT2D eigenvalue weighted by molar-refractivity contribution is 8.76. The molecule has 0 bridgehead atoms. The van der Waals surface area contributed by atoms with Crippen molar-refractivity contribution >= 4 is 45.3 Å². The number of rotatable bonds is 9. The van der Waals surface area contributed by atoms with Crippen LogP contribution in [-0.2, 0) is 19.1 Å². The molecule has 0 radical (unpaired) electrons. The Morgan fingerprint density at radius 2 is 1.03 bits per heavy atom. The van der Waals surface area contributed by atoms with Crippen LogP contribution in [0.3, 0.4) is 0 Å². The lowest BCUT2D eigenvalue weighted by Crippen LogP contribution is -2.39. The van der Waals surface area contributed by atoms with Gasteiger partial charge in [0.15, 0.2) is 0 Å². The third kappa shape index (κ3) is 6.76. The van der Waals surface area contributed by atoms with Crippen molar-refractivity contribution < 1.29 is 28.7 Å². The highest BCUT2D eigenvalue weighted by Gasteiger charge is 2.21.